The lowest BCUT2D eigenvalue weighted by Gasteiger charge is -2.28. The predicted molar refractivity (Wildman–Crippen MR) is 107 cm³/mol. The van der Waals surface area contributed by atoms with Gasteiger partial charge >= 0.3 is 5.24 Å². The van der Waals surface area contributed by atoms with Crippen LogP contribution in [0.5, 0.6) is 0 Å². The number of unbranched alkanes of at least 4 members (excludes halogenated alkanes) is 3. The molecule has 0 amide bonds. The SMILES string of the molecule is CCCCCCC(C)OC(=S)ON1CC(Cl)=NC=C1c1ccccc1. The van der Waals surface area contributed by atoms with Crippen molar-refractivity contribution in [2.24, 2.45) is 4.99 Å². The Labute approximate surface area is 160 Å². The third kappa shape index (κ3) is 6.67. The maximum absolute atomic E-state index is 6.05. The molecule has 0 radical (unpaired) electrons. The van der Waals surface area contributed by atoms with E-state index < -0.39 is 0 Å². The zero-order chi connectivity index (χ0) is 18.1. The van der Waals surface area contributed by atoms with Crippen LogP contribution < -0.4 is 0 Å². The summed E-state index contributed by atoms with van der Waals surface area (Å²) in [6.07, 6.45) is 7.51. The Bertz CT molecular complexity index is 619. The van der Waals surface area contributed by atoms with Gasteiger partial charge < -0.3 is 9.57 Å². The van der Waals surface area contributed by atoms with Gasteiger partial charge in [-0.05, 0) is 19.8 Å². The van der Waals surface area contributed by atoms with Crippen molar-refractivity contribution in [1.82, 2.24) is 5.06 Å². The van der Waals surface area contributed by atoms with Crippen molar-refractivity contribution in [1.29, 1.82) is 0 Å². The summed E-state index contributed by atoms with van der Waals surface area (Å²) < 4.78 is 5.71. The van der Waals surface area contributed by atoms with Gasteiger partial charge in [0.25, 0.3) is 0 Å². The predicted octanol–water partition coefficient (Wildman–Crippen LogP) is 5.53. The minimum atomic E-state index is 0.0300. The van der Waals surface area contributed by atoms with E-state index in [4.69, 9.17) is 33.4 Å². The lowest BCUT2D eigenvalue weighted by Crippen LogP contribution is -2.32. The Morgan fingerprint density at radius 3 is 2.76 bits per heavy atom. The van der Waals surface area contributed by atoms with Gasteiger partial charge in [0.1, 0.15) is 23.5 Å². The van der Waals surface area contributed by atoms with Crippen molar-refractivity contribution in [3.63, 3.8) is 0 Å². The fourth-order valence-electron chi connectivity index (χ4n) is 2.54. The third-order valence-corrected chi connectivity index (χ3v) is 4.27. The van der Waals surface area contributed by atoms with Gasteiger partial charge in [0.15, 0.2) is 0 Å². The number of ether oxygens (including phenoxy) is 1. The normalized spacial score (nSPS) is 15.2. The molecule has 1 aromatic carbocycles. The van der Waals surface area contributed by atoms with E-state index in [2.05, 4.69) is 11.9 Å². The zero-order valence-electron chi connectivity index (χ0n) is 14.8. The van der Waals surface area contributed by atoms with Gasteiger partial charge in [-0.3, -0.25) is 0 Å². The Kier molecular flexibility index (Phi) is 8.22. The molecule has 1 aliphatic heterocycles. The van der Waals surface area contributed by atoms with Crippen LogP contribution in [0.25, 0.3) is 5.70 Å². The summed E-state index contributed by atoms with van der Waals surface area (Å²) in [5.74, 6) is 0. The number of hydroxylamine groups is 2. The molecule has 0 fully saturated rings. The average molecular weight is 381 g/mol. The fourth-order valence-corrected chi connectivity index (χ4v) is 2.95. The van der Waals surface area contributed by atoms with E-state index in [1.807, 2.05) is 37.3 Å². The highest BCUT2D eigenvalue weighted by Gasteiger charge is 2.21. The molecule has 25 heavy (non-hydrogen) atoms. The molecular weight excluding hydrogens is 356 g/mol. The number of benzene rings is 1. The second kappa shape index (κ2) is 10.4. The first-order chi connectivity index (χ1) is 12.1. The summed E-state index contributed by atoms with van der Waals surface area (Å²) >= 11 is 11.3. The van der Waals surface area contributed by atoms with E-state index in [0.29, 0.717) is 11.7 Å². The minimum Gasteiger partial charge on any atom is -0.452 e. The first kappa shape index (κ1) is 19.7. The monoisotopic (exact) mass is 380 g/mol. The van der Waals surface area contributed by atoms with Gasteiger partial charge in [-0.1, -0.05) is 68.1 Å². The van der Waals surface area contributed by atoms with Crippen molar-refractivity contribution in [3.8, 4) is 0 Å². The van der Waals surface area contributed by atoms with Crippen LogP contribution in [-0.4, -0.2) is 28.1 Å². The van der Waals surface area contributed by atoms with Crippen LogP contribution in [0.2, 0.25) is 0 Å². The first-order valence-corrected chi connectivity index (χ1v) is 9.52. The number of nitrogens with zero attached hydrogens (tertiary/aromatic N) is 2. The molecule has 1 atom stereocenters. The first-order valence-electron chi connectivity index (χ1n) is 8.74. The lowest BCUT2D eigenvalue weighted by atomic mass is 10.1. The molecular formula is C19H25ClN2O2S. The van der Waals surface area contributed by atoms with Gasteiger partial charge in [-0.25, -0.2) is 4.99 Å². The Balaban J connectivity index is 1.90. The highest BCUT2D eigenvalue weighted by molar-refractivity contribution is 7.79. The Morgan fingerprint density at radius 2 is 2.04 bits per heavy atom. The van der Waals surface area contributed by atoms with Crippen molar-refractivity contribution in [3.05, 3.63) is 42.1 Å². The smallest absolute Gasteiger partial charge is 0.377 e. The molecule has 6 heteroatoms. The van der Waals surface area contributed by atoms with Crippen LogP contribution in [-0.2, 0) is 9.57 Å². The molecule has 1 heterocycles. The summed E-state index contributed by atoms with van der Waals surface area (Å²) in [6.45, 7) is 4.55. The average Bonchev–Trinajstić information content (AvgIpc) is 2.59. The molecule has 0 saturated carbocycles. The zero-order valence-corrected chi connectivity index (χ0v) is 16.4. The molecule has 2 rings (SSSR count). The maximum atomic E-state index is 6.05. The molecule has 0 N–H and O–H groups in total. The highest BCUT2D eigenvalue weighted by atomic mass is 35.5. The van der Waals surface area contributed by atoms with Crippen LogP contribution in [0, 0.1) is 0 Å². The van der Waals surface area contributed by atoms with E-state index in [-0.39, 0.29) is 11.3 Å². The van der Waals surface area contributed by atoms with E-state index in [1.54, 1.807) is 11.3 Å². The lowest BCUT2D eigenvalue weighted by molar-refractivity contribution is -0.0350. The van der Waals surface area contributed by atoms with Crippen molar-refractivity contribution in [2.45, 2.75) is 52.1 Å². The second-order valence-corrected chi connectivity index (χ2v) is 6.81. The van der Waals surface area contributed by atoms with E-state index in [0.717, 1.165) is 24.1 Å². The summed E-state index contributed by atoms with van der Waals surface area (Å²) in [7, 11) is 0. The fraction of sp³-hybridized carbons (Fsp3) is 0.474. The van der Waals surface area contributed by atoms with Gasteiger partial charge in [0.2, 0.25) is 0 Å². The van der Waals surface area contributed by atoms with Gasteiger partial charge in [-0.2, -0.15) is 5.06 Å². The largest absolute Gasteiger partial charge is 0.452 e. The third-order valence-electron chi connectivity index (χ3n) is 3.89. The number of hydrogen-bond acceptors (Lipinski definition) is 5. The maximum Gasteiger partial charge on any atom is 0.377 e. The second-order valence-electron chi connectivity index (χ2n) is 6.04. The topological polar surface area (TPSA) is 34.1 Å². The highest BCUT2D eigenvalue weighted by Crippen LogP contribution is 2.24. The standard InChI is InChI=1S/C19H25ClN2O2S/c1-3-4-5-7-10-15(2)23-19(25)24-22-14-18(20)21-13-17(22)16-11-8-6-9-12-16/h6,8-9,11-13,15H,3-5,7,10,14H2,1-2H3. The molecule has 0 aliphatic carbocycles. The number of thiocarbonyl (C=S) groups is 1. The molecule has 0 bridgehead atoms. The Hall–Kier alpha value is -1.59. The van der Waals surface area contributed by atoms with Crippen molar-refractivity contribution in [2.75, 3.05) is 6.54 Å². The van der Waals surface area contributed by atoms with Crippen LogP contribution >= 0.6 is 23.8 Å². The molecule has 0 aromatic heterocycles. The summed E-state index contributed by atoms with van der Waals surface area (Å²) in [4.78, 5) is 9.91. The van der Waals surface area contributed by atoms with Gasteiger partial charge in [0, 0.05) is 17.8 Å². The van der Waals surface area contributed by atoms with E-state index in [9.17, 15) is 0 Å². The molecule has 1 aliphatic rings. The summed E-state index contributed by atoms with van der Waals surface area (Å²) in [5, 5.41) is 2.17. The van der Waals surface area contributed by atoms with Crippen LogP contribution in [0.4, 0.5) is 0 Å². The van der Waals surface area contributed by atoms with Crippen LogP contribution in [0.1, 0.15) is 51.5 Å². The van der Waals surface area contributed by atoms with Crippen molar-refractivity contribution >= 4 is 39.9 Å². The van der Waals surface area contributed by atoms with E-state index >= 15 is 0 Å². The molecule has 1 aromatic rings. The number of hydrogen-bond donors (Lipinski definition) is 0. The molecule has 4 nitrogen and oxygen atoms in total. The van der Waals surface area contributed by atoms with Gasteiger partial charge in [-0.15, -0.1) is 0 Å². The molecule has 136 valence electrons. The molecule has 1 unspecified atom stereocenters. The van der Waals surface area contributed by atoms with Gasteiger partial charge in [0.05, 0.1) is 6.20 Å². The van der Waals surface area contributed by atoms with Crippen LogP contribution in [0.3, 0.4) is 0 Å². The van der Waals surface area contributed by atoms with E-state index in [1.165, 1.54) is 19.3 Å². The summed E-state index contributed by atoms with van der Waals surface area (Å²) in [5.41, 5.74) is 1.78. The molecule has 0 spiro atoms. The number of aliphatic imine (C=N–C) groups is 1. The quantitative estimate of drug-likeness (QED) is 0.438. The van der Waals surface area contributed by atoms with Crippen molar-refractivity contribution < 1.29 is 9.57 Å². The van der Waals surface area contributed by atoms with Crippen LogP contribution in [0.15, 0.2) is 41.5 Å². The minimum absolute atomic E-state index is 0.0300. The Morgan fingerprint density at radius 1 is 1.28 bits per heavy atom. The number of halogens is 1. The molecule has 0 saturated heterocycles. The summed E-state index contributed by atoms with van der Waals surface area (Å²) in [6, 6.07) is 9.85. The number of rotatable bonds is 8.